The first-order chi connectivity index (χ1) is 8.24. The van der Waals surface area contributed by atoms with Crippen LogP contribution in [0, 0.1) is 5.92 Å². The van der Waals surface area contributed by atoms with E-state index < -0.39 is 0 Å². The standard InChI is InChI=1S/C12H17ClN2O2/c13-11-5-10(8-17)6-14-12(11)15-3-1-9(7-16)2-4-15/h5-6,9,16-17H,1-4,7-8H2. The van der Waals surface area contributed by atoms with Gasteiger partial charge < -0.3 is 15.1 Å². The Bertz CT molecular complexity index is 379. The molecule has 0 spiro atoms. The molecule has 0 radical (unpaired) electrons. The lowest BCUT2D eigenvalue weighted by atomic mass is 9.98. The lowest BCUT2D eigenvalue weighted by Crippen LogP contribution is -2.35. The molecular weight excluding hydrogens is 240 g/mol. The maximum atomic E-state index is 9.08. The van der Waals surface area contributed by atoms with Crippen molar-refractivity contribution in [2.45, 2.75) is 19.4 Å². The maximum absolute atomic E-state index is 9.08. The normalized spacial score (nSPS) is 17.5. The number of hydrogen-bond donors (Lipinski definition) is 2. The summed E-state index contributed by atoms with van der Waals surface area (Å²) in [5.41, 5.74) is 0.726. The summed E-state index contributed by atoms with van der Waals surface area (Å²) in [5.74, 6) is 1.18. The monoisotopic (exact) mass is 256 g/mol. The molecule has 1 aromatic rings. The van der Waals surface area contributed by atoms with Crippen molar-refractivity contribution >= 4 is 17.4 Å². The van der Waals surface area contributed by atoms with Crippen LogP contribution >= 0.6 is 11.6 Å². The quantitative estimate of drug-likeness (QED) is 0.859. The molecule has 0 bridgehead atoms. The predicted octanol–water partition coefficient (Wildman–Crippen LogP) is 1.44. The number of aromatic nitrogens is 1. The number of halogens is 1. The number of anilines is 1. The van der Waals surface area contributed by atoms with Crippen molar-refractivity contribution in [3.63, 3.8) is 0 Å². The van der Waals surface area contributed by atoms with Gasteiger partial charge in [0.15, 0.2) is 0 Å². The van der Waals surface area contributed by atoms with Crippen LogP contribution in [0.2, 0.25) is 5.02 Å². The van der Waals surface area contributed by atoms with Crippen LogP contribution < -0.4 is 4.90 Å². The van der Waals surface area contributed by atoms with Crippen LogP contribution in [0.4, 0.5) is 5.82 Å². The summed E-state index contributed by atoms with van der Waals surface area (Å²) in [6.45, 7) is 1.96. The van der Waals surface area contributed by atoms with Gasteiger partial charge in [-0.3, -0.25) is 0 Å². The molecule has 1 saturated heterocycles. The number of piperidine rings is 1. The molecule has 1 fully saturated rings. The molecule has 94 valence electrons. The van der Waals surface area contributed by atoms with Gasteiger partial charge in [-0.25, -0.2) is 4.98 Å². The number of pyridine rings is 1. The molecule has 2 rings (SSSR count). The zero-order valence-electron chi connectivity index (χ0n) is 9.64. The van der Waals surface area contributed by atoms with Crippen LogP contribution in [0.5, 0.6) is 0 Å². The molecule has 1 aliphatic heterocycles. The first-order valence-corrected chi connectivity index (χ1v) is 6.23. The molecule has 5 heteroatoms. The van der Waals surface area contributed by atoms with E-state index in [0.29, 0.717) is 10.9 Å². The van der Waals surface area contributed by atoms with Crippen molar-refractivity contribution in [1.29, 1.82) is 0 Å². The molecule has 4 nitrogen and oxygen atoms in total. The van der Waals surface area contributed by atoms with E-state index in [0.717, 1.165) is 37.3 Å². The molecular formula is C12H17ClN2O2. The van der Waals surface area contributed by atoms with E-state index in [1.165, 1.54) is 0 Å². The van der Waals surface area contributed by atoms with E-state index in [1.807, 2.05) is 0 Å². The average Bonchev–Trinajstić information content (AvgIpc) is 2.39. The molecule has 0 saturated carbocycles. The van der Waals surface area contributed by atoms with Gasteiger partial charge in [0.2, 0.25) is 0 Å². The summed E-state index contributed by atoms with van der Waals surface area (Å²) in [6.07, 6.45) is 3.59. The third-order valence-corrected chi connectivity index (χ3v) is 3.51. The van der Waals surface area contributed by atoms with Gasteiger partial charge >= 0.3 is 0 Å². The third-order valence-electron chi connectivity index (χ3n) is 3.23. The number of aliphatic hydroxyl groups excluding tert-OH is 2. The van der Waals surface area contributed by atoms with Gasteiger partial charge in [-0.05, 0) is 30.4 Å². The summed E-state index contributed by atoms with van der Waals surface area (Å²) in [6, 6.07) is 1.75. The summed E-state index contributed by atoms with van der Waals surface area (Å²) in [4.78, 5) is 6.43. The maximum Gasteiger partial charge on any atom is 0.147 e. The van der Waals surface area contributed by atoms with E-state index in [4.69, 9.17) is 21.8 Å². The Labute approximate surface area is 106 Å². The van der Waals surface area contributed by atoms with E-state index in [2.05, 4.69) is 9.88 Å². The fourth-order valence-electron chi connectivity index (χ4n) is 2.12. The topological polar surface area (TPSA) is 56.6 Å². The Balaban J connectivity index is 2.08. The fraction of sp³-hybridized carbons (Fsp3) is 0.583. The molecule has 0 atom stereocenters. The summed E-state index contributed by atoms with van der Waals surface area (Å²) >= 11 is 6.15. The van der Waals surface area contributed by atoms with Gasteiger partial charge in [0.1, 0.15) is 5.82 Å². The van der Waals surface area contributed by atoms with E-state index in [-0.39, 0.29) is 13.2 Å². The van der Waals surface area contributed by atoms with Crippen LogP contribution in [0.3, 0.4) is 0 Å². The van der Waals surface area contributed by atoms with Gasteiger partial charge in [0, 0.05) is 25.9 Å². The van der Waals surface area contributed by atoms with Gasteiger partial charge in [-0.15, -0.1) is 0 Å². The van der Waals surface area contributed by atoms with Gasteiger partial charge in [0.25, 0.3) is 0 Å². The van der Waals surface area contributed by atoms with Crippen molar-refractivity contribution < 1.29 is 10.2 Å². The smallest absolute Gasteiger partial charge is 0.147 e. The highest BCUT2D eigenvalue weighted by Gasteiger charge is 2.21. The highest BCUT2D eigenvalue weighted by atomic mass is 35.5. The summed E-state index contributed by atoms with van der Waals surface area (Å²) in [7, 11) is 0. The van der Waals surface area contributed by atoms with Crippen molar-refractivity contribution in [3.05, 3.63) is 22.8 Å². The van der Waals surface area contributed by atoms with Crippen molar-refractivity contribution in [3.8, 4) is 0 Å². The number of rotatable bonds is 3. The minimum atomic E-state index is -0.0421. The summed E-state index contributed by atoms with van der Waals surface area (Å²) < 4.78 is 0. The van der Waals surface area contributed by atoms with Crippen LogP contribution in [-0.2, 0) is 6.61 Å². The van der Waals surface area contributed by atoms with Gasteiger partial charge in [-0.1, -0.05) is 11.6 Å². The SMILES string of the molecule is OCc1cnc(N2CCC(CO)CC2)c(Cl)c1. The minimum Gasteiger partial charge on any atom is -0.396 e. The number of aliphatic hydroxyl groups is 2. The Kier molecular flexibility index (Phi) is 4.20. The summed E-state index contributed by atoms with van der Waals surface area (Å²) in [5, 5.41) is 18.7. The number of nitrogens with zero attached hydrogens (tertiary/aromatic N) is 2. The first kappa shape index (κ1) is 12.6. The highest BCUT2D eigenvalue weighted by molar-refractivity contribution is 6.33. The second-order valence-electron chi connectivity index (χ2n) is 4.42. The van der Waals surface area contributed by atoms with Crippen LogP contribution in [-0.4, -0.2) is 34.9 Å². The highest BCUT2D eigenvalue weighted by Crippen LogP contribution is 2.28. The molecule has 0 aliphatic carbocycles. The zero-order valence-corrected chi connectivity index (χ0v) is 10.4. The molecule has 17 heavy (non-hydrogen) atoms. The Morgan fingerprint density at radius 3 is 2.59 bits per heavy atom. The second kappa shape index (κ2) is 5.67. The van der Waals surface area contributed by atoms with Crippen molar-refractivity contribution in [1.82, 2.24) is 4.98 Å². The largest absolute Gasteiger partial charge is 0.396 e. The fourth-order valence-corrected chi connectivity index (χ4v) is 2.43. The lowest BCUT2D eigenvalue weighted by molar-refractivity contribution is 0.203. The predicted molar refractivity (Wildman–Crippen MR) is 67.2 cm³/mol. The molecule has 2 heterocycles. The van der Waals surface area contributed by atoms with E-state index in [1.54, 1.807) is 12.3 Å². The number of hydrogen-bond acceptors (Lipinski definition) is 4. The molecule has 1 aliphatic rings. The van der Waals surface area contributed by atoms with E-state index in [9.17, 15) is 0 Å². The van der Waals surface area contributed by atoms with Crippen LogP contribution in [0.15, 0.2) is 12.3 Å². The molecule has 0 aromatic carbocycles. The Hall–Kier alpha value is -0.840. The average molecular weight is 257 g/mol. The minimum absolute atomic E-state index is 0.0421. The third kappa shape index (κ3) is 2.89. The van der Waals surface area contributed by atoms with Gasteiger partial charge in [0.05, 0.1) is 11.6 Å². The van der Waals surface area contributed by atoms with Crippen LogP contribution in [0.25, 0.3) is 0 Å². The van der Waals surface area contributed by atoms with Crippen molar-refractivity contribution in [2.75, 3.05) is 24.6 Å². The second-order valence-corrected chi connectivity index (χ2v) is 4.83. The Morgan fingerprint density at radius 2 is 2.06 bits per heavy atom. The first-order valence-electron chi connectivity index (χ1n) is 5.85. The van der Waals surface area contributed by atoms with E-state index >= 15 is 0 Å². The van der Waals surface area contributed by atoms with Crippen LogP contribution in [0.1, 0.15) is 18.4 Å². The van der Waals surface area contributed by atoms with Gasteiger partial charge in [-0.2, -0.15) is 0 Å². The molecule has 2 N–H and O–H groups in total. The van der Waals surface area contributed by atoms with Crippen molar-refractivity contribution in [2.24, 2.45) is 5.92 Å². The molecule has 0 unspecified atom stereocenters. The Morgan fingerprint density at radius 1 is 1.35 bits per heavy atom. The molecule has 1 aromatic heterocycles. The lowest BCUT2D eigenvalue weighted by Gasteiger charge is -2.32. The molecule has 0 amide bonds. The zero-order chi connectivity index (χ0) is 12.3.